The van der Waals surface area contributed by atoms with Gasteiger partial charge in [0.2, 0.25) is 0 Å². The molecule has 3 aromatic rings. The lowest BCUT2D eigenvalue weighted by Gasteiger charge is -2.12. The summed E-state index contributed by atoms with van der Waals surface area (Å²) < 4.78 is 24.3. The second-order valence-corrected chi connectivity index (χ2v) is 6.86. The molecule has 2 aromatic carbocycles. The van der Waals surface area contributed by atoms with Crippen LogP contribution >= 0.6 is 34.5 Å². The summed E-state index contributed by atoms with van der Waals surface area (Å²) in [6, 6.07) is 7.29. The highest BCUT2D eigenvalue weighted by molar-refractivity contribution is 7.21. The van der Waals surface area contributed by atoms with Crippen molar-refractivity contribution < 1.29 is 18.7 Å². The van der Waals surface area contributed by atoms with Crippen LogP contribution in [0.2, 0.25) is 10.0 Å². The van der Waals surface area contributed by atoms with Gasteiger partial charge in [-0.3, -0.25) is 4.79 Å². The Bertz CT molecular complexity index is 974. The molecule has 0 fully saturated rings. The predicted octanol–water partition coefficient (Wildman–Crippen LogP) is 5.62. The molecular formula is C17H12Cl2FNO3S. The van der Waals surface area contributed by atoms with Crippen LogP contribution in [0, 0.1) is 5.82 Å². The van der Waals surface area contributed by atoms with Gasteiger partial charge >= 0.3 is 0 Å². The number of amides is 1. The van der Waals surface area contributed by atoms with Crippen molar-refractivity contribution in [3.63, 3.8) is 0 Å². The van der Waals surface area contributed by atoms with Gasteiger partial charge in [0, 0.05) is 22.2 Å². The molecule has 130 valence electrons. The van der Waals surface area contributed by atoms with E-state index >= 15 is 0 Å². The van der Waals surface area contributed by atoms with Crippen LogP contribution in [0.1, 0.15) is 9.67 Å². The molecule has 0 bridgehead atoms. The highest BCUT2D eigenvalue weighted by Gasteiger charge is 2.20. The first-order valence-electron chi connectivity index (χ1n) is 7.05. The second kappa shape index (κ2) is 7.07. The average Bonchev–Trinajstić information content (AvgIpc) is 2.92. The summed E-state index contributed by atoms with van der Waals surface area (Å²) in [5.41, 5.74) is 0.383. The molecule has 0 saturated carbocycles. The molecule has 1 amide bonds. The molecule has 0 aliphatic carbocycles. The molecule has 1 aromatic heterocycles. The number of fused-ring (bicyclic) bond motifs is 1. The topological polar surface area (TPSA) is 47.6 Å². The molecule has 25 heavy (non-hydrogen) atoms. The molecule has 0 unspecified atom stereocenters. The van der Waals surface area contributed by atoms with Gasteiger partial charge in [-0.05, 0) is 18.2 Å². The fraction of sp³-hybridized carbons (Fsp3) is 0.118. The van der Waals surface area contributed by atoms with Crippen molar-refractivity contribution in [3.05, 3.63) is 51.1 Å². The van der Waals surface area contributed by atoms with Crippen LogP contribution in [-0.2, 0) is 0 Å². The van der Waals surface area contributed by atoms with Gasteiger partial charge in [-0.1, -0.05) is 23.2 Å². The summed E-state index contributed by atoms with van der Waals surface area (Å²) in [5, 5.41) is 3.98. The molecule has 0 aliphatic rings. The van der Waals surface area contributed by atoms with Gasteiger partial charge in [0.05, 0.1) is 30.0 Å². The molecule has 1 N–H and O–H groups in total. The maximum Gasteiger partial charge on any atom is 0.267 e. The van der Waals surface area contributed by atoms with Crippen LogP contribution < -0.4 is 14.8 Å². The molecular weight excluding hydrogens is 388 g/mol. The van der Waals surface area contributed by atoms with Crippen molar-refractivity contribution in [1.82, 2.24) is 0 Å². The zero-order valence-corrected chi connectivity index (χ0v) is 15.5. The van der Waals surface area contributed by atoms with E-state index in [-0.39, 0.29) is 15.7 Å². The molecule has 1 heterocycles. The van der Waals surface area contributed by atoms with Crippen molar-refractivity contribution in [2.24, 2.45) is 0 Å². The van der Waals surface area contributed by atoms with Crippen molar-refractivity contribution in [2.45, 2.75) is 0 Å². The smallest absolute Gasteiger partial charge is 0.267 e. The quantitative estimate of drug-likeness (QED) is 0.619. The number of carbonyl (C=O) groups excluding carboxylic acids is 1. The Balaban J connectivity index is 1.99. The largest absolute Gasteiger partial charge is 0.495 e. The molecule has 4 nitrogen and oxygen atoms in total. The highest BCUT2D eigenvalue weighted by atomic mass is 35.5. The summed E-state index contributed by atoms with van der Waals surface area (Å²) in [6.07, 6.45) is 0. The lowest BCUT2D eigenvalue weighted by molar-refractivity contribution is 0.103. The van der Waals surface area contributed by atoms with Crippen LogP contribution in [0.15, 0.2) is 30.3 Å². The van der Waals surface area contributed by atoms with E-state index in [1.165, 1.54) is 32.4 Å². The fourth-order valence-electron chi connectivity index (χ4n) is 2.32. The van der Waals surface area contributed by atoms with Crippen molar-refractivity contribution in [3.8, 4) is 11.5 Å². The van der Waals surface area contributed by atoms with E-state index in [9.17, 15) is 9.18 Å². The Morgan fingerprint density at radius 3 is 2.52 bits per heavy atom. The summed E-state index contributed by atoms with van der Waals surface area (Å²) >= 11 is 13.4. The first-order chi connectivity index (χ1) is 11.9. The SMILES string of the molecule is COc1cc(NC(=O)c2sc3cc(F)ccc3c2Cl)c(OC)cc1Cl. The molecule has 0 spiro atoms. The van der Waals surface area contributed by atoms with Gasteiger partial charge < -0.3 is 14.8 Å². The molecule has 0 atom stereocenters. The minimum atomic E-state index is -0.436. The molecule has 3 rings (SSSR count). The third-order valence-electron chi connectivity index (χ3n) is 3.52. The third kappa shape index (κ3) is 3.38. The summed E-state index contributed by atoms with van der Waals surface area (Å²) in [6.45, 7) is 0. The monoisotopic (exact) mass is 399 g/mol. The molecule has 8 heteroatoms. The summed E-state index contributed by atoms with van der Waals surface area (Å²) in [5.74, 6) is -0.0551. The number of rotatable bonds is 4. The molecule has 0 radical (unpaired) electrons. The standard InChI is InChI=1S/C17H12Cl2FNO3S/c1-23-12-7-11(13(24-2)6-10(12)18)21-17(22)16-15(19)9-4-3-8(20)5-14(9)25-16/h3-7H,1-2H3,(H,21,22). The van der Waals surface area contributed by atoms with Gasteiger partial charge in [0.25, 0.3) is 5.91 Å². The van der Waals surface area contributed by atoms with Crippen LogP contribution in [0.3, 0.4) is 0 Å². The zero-order valence-electron chi connectivity index (χ0n) is 13.2. The van der Waals surface area contributed by atoms with Gasteiger partial charge in [-0.2, -0.15) is 0 Å². The van der Waals surface area contributed by atoms with E-state index in [1.54, 1.807) is 12.1 Å². The number of nitrogens with one attached hydrogen (secondary N) is 1. The van der Waals surface area contributed by atoms with E-state index in [0.717, 1.165) is 11.3 Å². The number of hydrogen-bond acceptors (Lipinski definition) is 4. The van der Waals surface area contributed by atoms with Gasteiger partial charge in [0.15, 0.2) is 0 Å². The Morgan fingerprint density at radius 1 is 1.12 bits per heavy atom. The Labute approximate surface area is 157 Å². The Kier molecular flexibility index (Phi) is 5.03. The van der Waals surface area contributed by atoms with Gasteiger partial charge in [-0.15, -0.1) is 11.3 Å². The van der Waals surface area contributed by atoms with Gasteiger partial charge in [0.1, 0.15) is 22.2 Å². The van der Waals surface area contributed by atoms with Gasteiger partial charge in [-0.25, -0.2) is 4.39 Å². The molecule has 0 aliphatic heterocycles. The second-order valence-electron chi connectivity index (χ2n) is 5.03. The number of benzene rings is 2. The minimum absolute atomic E-state index is 0.275. The predicted molar refractivity (Wildman–Crippen MR) is 99.3 cm³/mol. The van der Waals surface area contributed by atoms with Crippen molar-refractivity contribution in [1.29, 1.82) is 0 Å². The fourth-order valence-corrected chi connectivity index (χ4v) is 3.99. The van der Waals surface area contributed by atoms with Crippen LogP contribution in [-0.4, -0.2) is 20.1 Å². The minimum Gasteiger partial charge on any atom is -0.495 e. The van der Waals surface area contributed by atoms with E-state index in [0.29, 0.717) is 32.3 Å². The lowest BCUT2D eigenvalue weighted by atomic mass is 10.2. The van der Waals surface area contributed by atoms with Crippen LogP contribution in [0.4, 0.5) is 10.1 Å². The number of ether oxygens (including phenoxy) is 2. The zero-order chi connectivity index (χ0) is 18.1. The average molecular weight is 400 g/mol. The maximum atomic E-state index is 13.4. The van der Waals surface area contributed by atoms with E-state index < -0.39 is 5.91 Å². The number of hydrogen-bond donors (Lipinski definition) is 1. The van der Waals surface area contributed by atoms with E-state index in [2.05, 4.69) is 5.32 Å². The number of anilines is 1. The van der Waals surface area contributed by atoms with E-state index in [1.807, 2.05) is 0 Å². The van der Waals surface area contributed by atoms with Crippen molar-refractivity contribution >= 4 is 56.2 Å². The normalized spacial score (nSPS) is 10.8. The lowest BCUT2D eigenvalue weighted by Crippen LogP contribution is -2.11. The summed E-state index contributed by atoms with van der Waals surface area (Å²) in [7, 11) is 2.93. The Morgan fingerprint density at radius 2 is 1.84 bits per heavy atom. The van der Waals surface area contributed by atoms with Crippen LogP contribution in [0.5, 0.6) is 11.5 Å². The number of carbonyl (C=O) groups is 1. The number of halogens is 3. The first kappa shape index (κ1) is 17.8. The third-order valence-corrected chi connectivity index (χ3v) is 5.47. The first-order valence-corrected chi connectivity index (χ1v) is 8.62. The van der Waals surface area contributed by atoms with E-state index in [4.69, 9.17) is 32.7 Å². The number of thiophene rings is 1. The van der Waals surface area contributed by atoms with Crippen molar-refractivity contribution in [2.75, 3.05) is 19.5 Å². The van der Waals surface area contributed by atoms with Crippen LogP contribution in [0.25, 0.3) is 10.1 Å². The Hall–Kier alpha value is -2.02. The maximum absolute atomic E-state index is 13.4. The summed E-state index contributed by atoms with van der Waals surface area (Å²) in [4.78, 5) is 12.9. The number of methoxy groups -OCH3 is 2. The molecule has 0 saturated heterocycles. The highest BCUT2D eigenvalue weighted by Crippen LogP contribution is 2.39.